The van der Waals surface area contributed by atoms with Gasteiger partial charge in [-0.1, -0.05) is 0 Å². The topological polar surface area (TPSA) is 81.3 Å². The predicted octanol–water partition coefficient (Wildman–Crippen LogP) is 1.79. The van der Waals surface area contributed by atoms with E-state index in [-0.39, 0.29) is 6.10 Å². The quantitative estimate of drug-likeness (QED) is 0.500. The molecular formula is C17H30N4O3. The molecule has 1 aromatic rings. The Balaban J connectivity index is 2.64. The lowest BCUT2D eigenvalue weighted by Gasteiger charge is -2.18. The number of nitrogens with one attached hydrogen (secondary N) is 1. The minimum Gasteiger partial charge on any atom is -0.493 e. The molecule has 0 aromatic heterocycles. The third-order valence-corrected chi connectivity index (χ3v) is 3.42. The van der Waals surface area contributed by atoms with Crippen LogP contribution >= 0.6 is 0 Å². The first kappa shape index (κ1) is 20.1. The number of hydrogen-bond acceptors (Lipinski definition) is 5. The van der Waals surface area contributed by atoms with Crippen LogP contribution in [0.1, 0.15) is 13.3 Å². The summed E-state index contributed by atoms with van der Waals surface area (Å²) in [7, 11) is 7.28. The minimum atomic E-state index is 0.0585. The summed E-state index contributed by atoms with van der Waals surface area (Å²) in [5, 5.41) is 3.06. The van der Waals surface area contributed by atoms with Crippen LogP contribution in [0.3, 0.4) is 0 Å². The molecule has 3 N–H and O–H groups in total. The highest BCUT2D eigenvalue weighted by molar-refractivity contribution is 5.92. The van der Waals surface area contributed by atoms with Crippen LogP contribution < -0.4 is 20.5 Å². The van der Waals surface area contributed by atoms with Crippen LogP contribution in [0.2, 0.25) is 0 Å². The minimum absolute atomic E-state index is 0.0585. The summed E-state index contributed by atoms with van der Waals surface area (Å²) in [4.78, 5) is 6.51. The maximum absolute atomic E-state index is 5.97. The smallest absolute Gasteiger partial charge is 0.193 e. The van der Waals surface area contributed by atoms with E-state index in [1.807, 2.05) is 39.2 Å². The first-order chi connectivity index (χ1) is 11.5. The van der Waals surface area contributed by atoms with E-state index >= 15 is 0 Å². The average molecular weight is 338 g/mol. The van der Waals surface area contributed by atoms with E-state index < -0.39 is 0 Å². The molecule has 0 aliphatic rings. The molecule has 0 saturated carbocycles. The Hall–Kier alpha value is -1.99. The van der Waals surface area contributed by atoms with Crippen LogP contribution in [0.5, 0.6) is 11.5 Å². The van der Waals surface area contributed by atoms with Crippen molar-refractivity contribution in [2.75, 3.05) is 53.3 Å². The second-order valence-electron chi connectivity index (χ2n) is 5.59. The number of aliphatic imine (C=N–C) groups is 1. The first-order valence-corrected chi connectivity index (χ1v) is 8.05. The van der Waals surface area contributed by atoms with Gasteiger partial charge in [0.2, 0.25) is 0 Å². The van der Waals surface area contributed by atoms with Gasteiger partial charge in [-0.05, 0) is 39.6 Å². The van der Waals surface area contributed by atoms with Crippen LogP contribution in [0.25, 0.3) is 0 Å². The predicted molar refractivity (Wildman–Crippen MR) is 98.2 cm³/mol. The van der Waals surface area contributed by atoms with Gasteiger partial charge in [0.15, 0.2) is 17.5 Å². The monoisotopic (exact) mass is 338 g/mol. The van der Waals surface area contributed by atoms with E-state index in [9.17, 15) is 0 Å². The molecule has 0 heterocycles. The van der Waals surface area contributed by atoms with Gasteiger partial charge in [0, 0.05) is 24.9 Å². The number of nitrogens with two attached hydrogens (primary N) is 1. The molecule has 1 unspecified atom stereocenters. The van der Waals surface area contributed by atoms with Crippen molar-refractivity contribution < 1.29 is 14.2 Å². The molecule has 0 spiro atoms. The van der Waals surface area contributed by atoms with Crippen LogP contribution in [0.15, 0.2) is 23.2 Å². The lowest BCUT2D eigenvalue weighted by molar-refractivity contribution is 0.0583. The maximum atomic E-state index is 5.97. The van der Waals surface area contributed by atoms with E-state index in [2.05, 4.69) is 15.2 Å². The average Bonchev–Trinajstić information content (AvgIpc) is 2.57. The van der Waals surface area contributed by atoms with Crippen molar-refractivity contribution in [1.29, 1.82) is 0 Å². The Bertz CT molecular complexity index is 521. The molecule has 0 amide bonds. The standard InChI is InChI=1S/C17H30N4O3/c1-6-24-14(9-10-21(2)3)12-19-17(18)20-13-7-8-15(22-4)16(11-13)23-5/h7-8,11,14H,6,9-10,12H2,1-5H3,(H3,18,19,20). The Morgan fingerprint density at radius 2 is 1.96 bits per heavy atom. The largest absolute Gasteiger partial charge is 0.493 e. The van der Waals surface area contributed by atoms with Crippen LogP contribution in [0, 0.1) is 0 Å². The fourth-order valence-electron chi connectivity index (χ4n) is 2.17. The molecule has 24 heavy (non-hydrogen) atoms. The molecule has 0 aliphatic carbocycles. The number of ether oxygens (including phenoxy) is 3. The Morgan fingerprint density at radius 3 is 2.54 bits per heavy atom. The lowest BCUT2D eigenvalue weighted by Crippen LogP contribution is -2.28. The van der Waals surface area contributed by atoms with E-state index in [1.54, 1.807) is 14.2 Å². The summed E-state index contributed by atoms with van der Waals surface area (Å²) in [5.41, 5.74) is 6.76. The normalized spacial score (nSPS) is 13.0. The number of rotatable bonds is 10. The van der Waals surface area contributed by atoms with E-state index in [4.69, 9.17) is 19.9 Å². The van der Waals surface area contributed by atoms with Crippen LogP contribution in [-0.4, -0.2) is 65.0 Å². The molecule has 7 nitrogen and oxygen atoms in total. The summed E-state index contributed by atoms with van der Waals surface area (Å²) >= 11 is 0. The number of methoxy groups -OCH3 is 2. The Morgan fingerprint density at radius 1 is 1.25 bits per heavy atom. The molecule has 7 heteroatoms. The number of guanidine groups is 1. The van der Waals surface area contributed by atoms with Crippen LogP contribution in [-0.2, 0) is 4.74 Å². The number of nitrogens with zero attached hydrogens (tertiary/aromatic N) is 2. The zero-order valence-electron chi connectivity index (χ0n) is 15.3. The first-order valence-electron chi connectivity index (χ1n) is 8.05. The molecule has 0 aliphatic heterocycles. The molecule has 1 atom stereocenters. The number of anilines is 1. The van der Waals surface area contributed by atoms with Gasteiger partial charge in [0.05, 0.1) is 26.9 Å². The zero-order valence-corrected chi connectivity index (χ0v) is 15.3. The number of hydrogen-bond donors (Lipinski definition) is 2. The molecule has 136 valence electrons. The molecule has 0 fully saturated rings. The van der Waals surface area contributed by atoms with Gasteiger partial charge in [-0.3, -0.25) is 4.99 Å². The highest BCUT2D eigenvalue weighted by Gasteiger charge is 2.09. The second-order valence-corrected chi connectivity index (χ2v) is 5.59. The van der Waals surface area contributed by atoms with Crippen molar-refractivity contribution in [2.45, 2.75) is 19.4 Å². The van der Waals surface area contributed by atoms with Crippen molar-refractivity contribution in [3.05, 3.63) is 18.2 Å². The molecule has 0 bridgehead atoms. The van der Waals surface area contributed by atoms with Crippen molar-refractivity contribution in [2.24, 2.45) is 10.7 Å². The van der Waals surface area contributed by atoms with Gasteiger partial charge >= 0.3 is 0 Å². The van der Waals surface area contributed by atoms with Gasteiger partial charge < -0.3 is 30.2 Å². The maximum Gasteiger partial charge on any atom is 0.193 e. The molecule has 1 rings (SSSR count). The van der Waals surface area contributed by atoms with Gasteiger partial charge in [-0.15, -0.1) is 0 Å². The summed E-state index contributed by atoms with van der Waals surface area (Å²) in [6.45, 7) is 4.12. The van der Waals surface area contributed by atoms with Gasteiger partial charge in [0.25, 0.3) is 0 Å². The molecule has 0 saturated heterocycles. The molecular weight excluding hydrogens is 308 g/mol. The Labute approximate surface area is 144 Å². The fourth-order valence-corrected chi connectivity index (χ4v) is 2.17. The summed E-state index contributed by atoms with van der Waals surface area (Å²) in [6, 6.07) is 5.48. The van der Waals surface area contributed by atoms with Crippen molar-refractivity contribution >= 4 is 11.6 Å². The summed E-state index contributed by atoms with van der Waals surface area (Å²) in [5.74, 6) is 1.64. The SMILES string of the molecule is CCOC(CCN(C)C)CN=C(N)Nc1ccc(OC)c(OC)c1. The zero-order chi connectivity index (χ0) is 17.9. The highest BCUT2D eigenvalue weighted by atomic mass is 16.5. The second kappa shape index (κ2) is 10.7. The Kier molecular flexibility index (Phi) is 8.96. The highest BCUT2D eigenvalue weighted by Crippen LogP contribution is 2.29. The van der Waals surface area contributed by atoms with Gasteiger partial charge in [-0.25, -0.2) is 0 Å². The van der Waals surface area contributed by atoms with Gasteiger partial charge in [0.1, 0.15) is 0 Å². The number of benzene rings is 1. The summed E-state index contributed by atoms with van der Waals surface area (Å²) < 4.78 is 16.2. The van der Waals surface area contributed by atoms with Gasteiger partial charge in [-0.2, -0.15) is 0 Å². The van der Waals surface area contributed by atoms with E-state index in [1.165, 1.54) is 0 Å². The lowest BCUT2D eigenvalue weighted by atomic mass is 10.2. The third-order valence-electron chi connectivity index (χ3n) is 3.42. The summed E-state index contributed by atoms with van der Waals surface area (Å²) in [6.07, 6.45) is 0.969. The molecule has 0 radical (unpaired) electrons. The van der Waals surface area contributed by atoms with Crippen molar-refractivity contribution in [3.8, 4) is 11.5 Å². The fraction of sp³-hybridized carbons (Fsp3) is 0.588. The third kappa shape index (κ3) is 7.06. The van der Waals surface area contributed by atoms with Crippen molar-refractivity contribution in [3.63, 3.8) is 0 Å². The van der Waals surface area contributed by atoms with Crippen molar-refractivity contribution in [1.82, 2.24) is 4.90 Å². The van der Waals surface area contributed by atoms with E-state index in [0.29, 0.717) is 30.6 Å². The van der Waals surface area contributed by atoms with E-state index in [0.717, 1.165) is 18.7 Å². The van der Waals surface area contributed by atoms with Crippen LogP contribution in [0.4, 0.5) is 5.69 Å². The molecule has 1 aromatic carbocycles.